The van der Waals surface area contributed by atoms with Gasteiger partial charge >= 0.3 is 6.18 Å². The Bertz CT molecular complexity index is 808. The van der Waals surface area contributed by atoms with Crippen molar-refractivity contribution in [3.8, 4) is 11.5 Å². The molecule has 1 saturated heterocycles. The number of pyridine rings is 1. The third-order valence-electron chi connectivity index (χ3n) is 4.49. The van der Waals surface area contributed by atoms with E-state index >= 15 is 0 Å². The molecule has 1 amide bonds. The van der Waals surface area contributed by atoms with E-state index in [1.165, 1.54) is 12.3 Å². The number of nitrogens with one attached hydrogen (secondary N) is 1. The van der Waals surface area contributed by atoms with E-state index in [4.69, 9.17) is 10.5 Å². The molecule has 0 spiro atoms. The van der Waals surface area contributed by atoms with E-state index in [0.717, 1.165) is 6.07 Å². The predicted octanol–water partition coefficient (Wildman–Crippen LogP) is 2.25. The Kier molecular flexibility index (Phi) is 5.26. The first-order valence-electron chi connectivity index (χ1n) is 8.29. The van der Waals surface area contributed by atoms with E-state index in [1.807, 2.05) is 0 Å². The first-order chi connectivity index (χ1) is 12.8. The summed E-state index contributed by atoms with van der Waals surface area (Å²) in [5.41, 5.74) is 3.75. The number of aromatic nitrogens is 3. The molecule has 144 valence electrons. The molecule has 0 bridgehead atoms. The summed E-state index contributed by atoms with van der Waals surface area (Å²) in [5.74, 6) is -0.730. The average molecular weight is 381 g/mol. The molecule has 1 fully saturated rings. The van der Waals surface area contributed by atoms with Crippen LogP contribution in [0.2, 0.25) is 0 Å². The van der Waals surface area contributed by atoms with Gasteiger partial charge in [-0.05, 0) is 25.0 Å². The molecular formula is C17H18F3N5O2. The van der Waals surface area contributed by atoms with Crippen molar-refractivity contribution >= 4 is 11.7 Å². The van der Waals surface area contributed by atoms with Crippen LogP contribution in [0.15, 0.2) is 30.5 Å². The maximum Gasteiger partial charge on any atom is 0.433 e. The molecule has 0 saturated carbocycles. The van der Waals surface area contributed by atoms with Gasteiger partial charge in [-0.25, -0.2) is 9.97 Å². The van der Waals surface area contributed by atoms with E-state index in [1.54, 1.807) is 12.1 Å². The Labute approximate surface area is 153 Å². The number of carbonyl (C=O) groups is 1. The molecule has 27 heavy (non-hydrogen) atoms. The van der Waals surface area contributed by atoms with Crippen LogP contribution in [-0.4, -0.2) is 40.6 Å². The Hall–Kier alpha value is -2.75. The monoisotopic (exact) mass is 381 g/mol. The zero-order valence-electron chi connectivity index (χ0n) is 14.3. The van der Waals surface area contributed by atoms with E-state index in [2.05, 4.69) is 20.3 Å². The minimum Gasteiger partial charge on any atom is -0.381 e. The largest absolute Gasteiger partial charge is 0.433 e. The van der Waals surface area contributed by atoms with Crippen molar-refractivity contribution in [2.24, 2.45) is 11.1 Å². The van der Waals surface area contributed by atoms with Crippen LogP contribution in [0.3, 0.4) is 0 Å². The van der Waals surface area contributed by atoms with Gasteiger partial charge in [0.2, 0.25) is 5.91 Å². The highest BCUT2D eigenvalue weighted by atomic mass is 19.4. The lowest BCUT2D eigenvalue weighted by Crippen LogP contribution is -2.46. The zero-order valence-corrected chi connectivity index (χ0v) is 14.3. The van der Waals surface area contributed by atoms with Crippen molar-refractivity contribution < 1.29 is 22.7 Å². The van der Waals surface area contributed by atoms with Crippen LogP contribution < -0.4 is 11.1 Å². The maximum atomic E-state index is 13.2. The highest BCUT2D eigenvalue weighted by Gasteiger charge is 2.39. The average Bonchev–Trinajstić information content (AvgIpc) is 2.67. The standard InChI is InChI=1S/C17H18F3N5O2/c18-17(19,20)12-9-13(25-14(24-12)11-3-1-2-6-22-11)23-10-16(15(21)26)4-7-27-8-5-16/h1-3,6,9H,4-5,7-8,10H2,(H2,21,26)(H,23,24,25). The van der Waals surface area contributed by atoms with Crippen LogP contribution in [0.25, 0.3) is 11.5 Å². The molecule has 0 aromatic carbocycles. The van der Waals surface area contributed by atoms with Gasteiger partial charge in [-0.15, -0.1) is 0 Å². The summed E-state index contributed by atoms with van der Waals surface area (Å²) in [5, 5.41) is 2.82. The number of nitrogens with two attached hydrogens (primary N) is 1. The van der Waals surface area contributed by atoms with Crippen molar-refractivity contribution in [1.82, 2.24) is 15.0 Å². The maximum absolute atomic E-state index is 13.2. The summed E-state index contributed by atoms with van der Waals surface area (Å²) < 4.78 is 44.9. The number of anilines is 1. The van der Waals surface area contributed by atoms with Gasteiger partial charge in [0.15, 0.2) is 11.5 Å². The van der Waals surface area contributed by atoms with Crippen LogP contribution >= 0.6 is 0 Å². The van der Waals surface area contributed by atoms with Gasteiger partial charge in [-0.1, -0.05) is 6.07 Å². The van der Waals surface area contributed by atoms with Crippen LogP contribution in [-0.2, 0) is 15.7 Å². The van der Waals surface area contributed by atoms with E-state index < -0.39 is 23.2 Å². The molecule has 2 aromatic heterocycles. The van der Waals surface area contributed by atoms with Crippen LogP contribution in [0.4, 0.5) is 19.0 Å². The number of ether oxygens (including phenoxy) is 1. The highest BCUT2D eigenvalue weighted by molar-refractivity contribution is 5.81. The third kappa shape index (κ3) is 4.33. The summed E-state index contributed by atoms with van der Waals surface area (Å²) in [7, 11) is 0. The SMILES string of the molecule is NC(=O)C1(CNc2cc(C(F)(F)F)nc(-c3ccccn3)n2)CCOCC1. The topological polar surface area (TPSA) is 103 Å². The second-order valence-electron chi connectivity index (χ2n) is 6.29. The Morgan fingerprint density at radius 3 is 2.59 bits per heavy atom. The Balaban J connectivity index is 1.91. The van der Waals surface area contributed by atoms with Gasteiger partial charge in [0.1, 0.15) is 11.5 Å². The van der Waals surface area contributed by atoms with Crippen molar-refractivity contribution in [3.05, 3.63) is 36.2 Å². The minimum atomic E-state index is -4.65. The molecule has 0 unspecified atom stereocenters. The Morgan fingerprint density at radius 1 is 1.26 bits per heavy atom. The first-order valence-corrected chi connectivity index (χ1v) is 8.29. The minimum absolute atomic E-state index is 0.0508. The fourth-order valence-corrected chi connectivity index (χ4v) is 2.82. The van der Waals surface area contributed by atoms with Gasteiger partial charge in [0, 0.05) is 32.0 Å². The van der Waals surface area contributed by atoms with Crippen molar-refractivity contribution in [2.75, 3.05) is 25.1 Å². The van der Waals surface area contributed by atoms with E-state index in [-0.39, 0.29) is 23.9 Å². The van der Waals surface area contributed by atoms with Gasteiger partial charge in [-0.2, -0.15) is 13.2 Å². The van der Waals surface area contributed by atoms with Gasteiger partial charge in [0.05, 0.1) is 5.41 Å². The van der Waals surface area contributed by atoms with Gasteiger partial charge in [-0.3, -0.25) is 9.78 Å². The molecule has 7 nitrogen and oxygen atoms in total. The second-order valence-corrected chi connectivity index (χ2v) is 6.29. The Morgan fingerprint density at radius 2 is 2.00 bits per heavy atom. The molecule has 0 radical (unpaired) electrons. The van der Waals surface area contributed by atoms with Crippen molar-refractivity contribution in [3.63, 3.8) is 0 Å². The molecule has 1 aliphatic heterocycles. The molecule has 2 aromatic rings. The number of primary amides is 1. The lowest BCUT2D eigenvalue weighted by Gasteiger charge is -2.34. The molecule has 3 N–H and O–H groups in total. The lowest BCUT2D eigenvalue weighted by molar-refractivity contribution is -0.141. The fraction of sp³-hybridized carbons (Fsp3) is 0.412. The lowest BCUT2D eigenvalue weighted by atomic mass is 9.79. The van der Waals surface area contributed by atoms with Crippen LogP contribution in [0.1, 0.15) is 18.5 Å². The third-order valence-corrected chi connectivity index (χ3v) is 4.49. The number of hydrogen-bond acceptors (Lipinski definition) is 6. The zero-order chi connectivity index (χ0) is 19.5. The second kappa shape index (κ2) is 7.47. The summed E-state index contributed by atoms with van der Waals surface area (Å²) >= 11 is 0. The van der Waals surface area contributed by atoms with Crippen molar-refractivity contribution in [2.45, 2.75) is 19.0 Å². The normalized spacial score (nSPS) is 16.7. The summed E-state index contributed by atoms with van der Waals surface area (Å²) in [6.07, 6.45) is -2.43. The summed E-state index contributed by atoms with van der Waals surface area (Å²) in [6.45, 7) is 0.782. The van der Waals surface area contributed by atoms with Gasteiger partial charge in [0.25, 0.3) is 0 Å². The number of hydrogen-bond donors (Lipinski definition) is 2. The quantitative estimate of drug-likeness (QED) is 0.824. The van der Waals surface area contributed by atoms with Crippen LogP contribution in [0, 0.1) is 5.41 Å². The van der Waals surface area contributed by atoms with Gasteiger partial charge < -0.3 is 15.8 Å². The number of amides is 1. The number of alkyl halides is 3. The van der Waals surface area contributed by atoms with E-state index in [9.17, 15) is 18.0 Å². The fourth-order valence-electron chi connectivity index (χ4n) is 2.82. The number of carbonyl (C=O) groups excluding carboxylic acids is 1. The first kappa shape index (κ1) is 19.0. The smallest absolute Gasteiger partial charge is 0.381 e. The van der Waals surface area contributed by atoms with E-state index in [0.29, 0.717) is 26.1 Å². The summed E-state index contributed by atoms with van der Waals surface area (Å²) in [4.78, 5) is 23.6. The predicted molar refractivity (Wildman–Crippen MR) is 90.4 cm³/mol. The number of halogens is 3. The number of rotatable bonds is 5. The van der Waals surface area contributed by atoms with Crippen molar-refractivity contribution in [1.29, 1.82) is 0 Å². The molecule has 0 atom stereocenters. The molecule has 3 heterocycles. The molecule has 10 heteroatoms. The highest BCUT2D eigenvalue weighted by Crippen LogP contribution is 2.33. The molecule has 3 rings (SSSR count). The number of nitrogens with zero attached hydrogens (tertiary/aromatic N) is 3. The molecular weight excluding hydrogens is 363 g/mol. The van der Waals surface area contributed by atoms with Crippen LogP contribution in [0.5, 0.6) is 0 Å². The molecule has 1 aliphatic rings. The molecule has 0 aliphatic carbocycles. The summed E-state index contributed by atoms with van der Waals surface area (Å²) in [6, 6.07) is 5.59.